The zero-order valence-corrected chi connectivity index (χ0v) is 9.88. The van der Waals surface area contributed by atoms with Crippen molar-refractivity contribution in [1.29, 1.82) is 0 Å². The quantitative estimate of drug-likeness (QED) is 0.464. The van der Waals surface area contributed by atoms with Crippen LogP contribution in [0.2, 0.25) is 0 Å². The zero-order chi connectivity index (χ0) is 12.8. The Kier molecular flexibility index (Phi) is 4.86. The number of nitro benzene ring substituents is 1. The molecule has 17 heavy (non-hydrogen) atoms. The molecular weight excluding hydrogens is 224 g/mol. The van der Waals surface area contributed by atoms with Gasteiger partial charge in [-0.15, -0.1) is 0 Å². The lowest BCUT2D eigenvalue weighted by atomic mass is 10.2. The van der Waals surface area contributed by atoms with Crippen LogP contribution in [0, 0.1) is 10.1 Å². The van der Waals surface area contributed by atoms with Gasteiger partial charge in [0.05, 0.1) is 24.2 Å². The summed E-state index contributed by atoms with van der Waals surface area (Å²) >= 11 is 0. The van der Waals surface area contributed by atoms with Gasteiger partial charge in [-0.2, -0.15) is 0 Å². The maximum absolute atomic E-state index is 10.7. The Labute approximate surface area is 99.5 Å². The van der Waals surface area contributed by atoms with E-state index in [9.17, 15) is 10.1 Å². The third-order valence-corrected chi connectivity index (χ3v) is 2.23. The first kappa shape index (κ1) is 13.4. The molecule has 1 atom stereocenters. The Balaban J connectivity index is 2.66. The van der Waals surface area contributed by atoms with Crippen molar-refractivity contribution in [3.8, 4) is 0 Å². The summed E-state index contributed by atoms with van der Waals surface area (Å²) in [4.78, 5) is 10.2. The summed E-state index contributed by atoms with van der Waals surface area (Å²) in [5, 5.41) is 10.7. The van der Waals surface area contributed by atoms with Gasteiger partial charge in [0.25, 0.3) is 5.69 Å². The number of nitrogens with zero attached hydrogens (tertiary/aromatic N) is 1. The number of hydrogen-bond donors (Lipinski definition) is 1. The van der Waals surface area contributed by atoms with E-state index in [0.717, 1.165) is 0 Å². The first-order valence-electron chi connectivity index (χ1n) is 5.18. The fraction of sp³-hybridized carbons (Fsp3) is 0.455. The second-order valence-electron chi connectivity index (χ2n) is 3.73. The van der Waals surface area contributed by atoms with Crippen LogP contribution in [0.3, 0.4) is 0 Å². The zero-order valence-electron chi connectivity index (χ0n) is 9.88. The highest BCUT2D eigenvalue weighted by Crippen LogP contribution is 2.22. The Hall–Kier alpha value is -1.66. The maximum atomic E-state index is 10.7. The number of nitro groups is 1. The smallest absolute Gasteiger partial charge is 0.292 e. The number of benzene rings is 1. The highest BCUT2D eigenvalue weighted by molar-refractivity contribution is 5.59. The molecule has 6 nitrogen and oxygen atoms in total. The molecule has 0 fully saturated rings. The van der Waals surface area contributed by atoms with E-state index in [0.29, 0.717) is 18.8 Å². The van der Waals surface area contributed by atoms with Crippen molar-refractivity contribution in [1.82, 2.24) is 0 Å². The van der Waals surface area contributed by atoms with Crippen LogP contribution in [0.5, 0.6) is 0 Å². The Morgan fingerprint density at radius 1 is 1.53 bits per heavy atom. The first-order valence-corrected chi connectivity index (χ1v) is 5.18. The van der Waals surface area contributed by atoms with Crippen molar-refractivity contribution in [2.24, 2.45) is 0 Å². The van der Waals surface area contributed by atoms with Crippen molar-refractivity contribution >= 4 is 11.4 Å². The van der Waals surface area contributed by atoms with E-state index in [1.807, 2.05) is 6.92 Å². The molecule has 0 heterocycles. The van der Waals surface area contributed by atoms with Crippen molar-refractivity contribution in [3.63, 3.8) is 0 Å². The molecule has 0 aromatic heterocycles. The lowest BCUT2D eigenvalue weighted by Crippen LogP contribution is -2.14. The number of nitrogen functional groups attached to an aromatic ring is 1. The Morgan fingerprint density at radius 2 is 2.24 bits per heavy atom. The fourth-order valence-corrected chi connectivity index (χ4v) is 1.36. The summed E-state index contributed by atoms with van der Waals surface area (Å²) in [5.41, 5.74) is 6.27. The van der Waals surface area contributed by atoms with Gasteiger partial charge in [-0.3, -0.25) is 10.1 Å². The monoisotopic (exact) mass is 240 g/mol. The first-order chi connectivity index (χ1) is 8.04. The number of anilines is 1. The predicted octanol–water partition coefficient (Wildman–Crippen LogP) is 1.73. The van der Waals surface area contributed by atoms with Gasteiger partial charge in [-0.25, -0.2) is 0 Å². The van der Waals surface area contributed by atoms with Gasteiger partial charge < -0.3 is 15.2 Å². The van der Waals surface area contributed by atoms with E-state index in [-0.39, 0.29) is 17.5 Å². The Bertz CT molecular complexity index is 395. The molecule has 6 heteroatoms. The Morgan fingerprint density at radius 3 is 2.82 bits per heavy atom. The van der Waals surface area contributed by atoms with Crippen LogP contribution >= 0.6 is 0 Å². The molecule has 1 rings (SSSR count). The van der Waals surface area contributed by atoms with Crippen LogP contribution in [0.1, 0.15) is 12.5 Å². The van der Waals surface area contributed by atoms with E-state index in [4.69, 9.17) is 15.2 Å². The fourth-order valence-electron chi connectivity index (χ4n) is 1.36. The standard InChI is InChI=1S/C11H16N2O4/c1-8(6-16-2)17-7-9-3-4-10(12)11(5-9)13(14)15/h3-5,8H,6-7,12H2,1-2H3. The van der Waals surface area contributed by atoms with E-state index in [1.54, 1.807) is 13.2 Å². The summed E-state index contributed by atoms with van der Waals surface area (Å²) in [6.45, 7) is 2.65. The van der Waals surface area contributed by atoms with E-state index in [2.05, 4.69) is 0 Å². The molecule has 0 bridgehead atoms. The van der Waals surface area contributed by atoms with Gasteiger partial charge >= 0.3 is 0 Å². The van der Waals surface area contributed by atoms with Crippen molar-refractivity contribution in [2.45, 2.75) is 19.6 Å². The average molecular weight is 240 g/mol. The third kappa shape index (κ3) is 4.01. The summed E-state index contributed by atoms with van der Waals surface area (Å²) in [7, 11) is 1.59. The van der Waals surface area contributed by atoms with Gasteiger partial charge in [0, 0.05) is 13.2 Å². The van der Waals surface area contributed by atoms with Crippen molar-refractivity contribution in [2.75, 3.05) is 19.5 Å². The molecular formula is C11H16N2O4. The van der Waals surface area contributed by atoms with Gasteiger partial charge in [-0.1, -0.05) is 6.07 Å². The molecule has 0 saturated carbocycles. The summed E-state index contributed by atoms with van der Waals surface area (Å²) in [5.74, 6) is 0. The van der Waals surface area contributed by atoms with E-state index >= 15 is 0 Å². The number of methoxy groups -OCH3 is 1. The van der Waals surface area contributed by atoms with Crippen LogP contribution in [0.15, 0.2) is 18.2 Å². The highest BCUT2D eigenvalue weighted by Gasteiger charge is 2.12. The molecule has 94 valence electrons. The molecule has 1 unspecified atom stereocenters. The second kappa shape index (κ2) is 6.17. The van der Waals surface area contributed by atoms with Crippen LogP contribution in [0.4, 0.5) is 11.4 Å². The highest BCUT2D eigenvalue weighted by atomic mass is 16.6. The topological polar surface area (TPSA) is 87.6 Å². The van der Waals surface area contributed by atoms with Gasteiger partial charge in [-0.05, 0) is 18.6 Å². The molecule has 0 aliphatic carbocycles. The number of ether oxygens (including phenoxy) is 2. The van der Waals surface area contributed by atoms with Crippen molar-refractivity contribution < 1.29 is 14.4 Å². The average Bonchev–Trinajstić information content (AvgIpc) is 2.28. The minimum absolute atomic E-state index is 0.0587. The summed E-state index contributed by atoms with van der Waals surface area (Å²) in [6, 6.07) is 4.65. The molecule has 0 aliphatic rings. The van der Waals surface area contributed by atoms with Crippen LogP contribution in [0.25, 0.3) is 0 Å². The molecule has 0 amide bonds. The van der Waals surface area contributed by atoms with Crippen LogP contribution < -0.4 is 5.73 Å². The molecule has 1 aromatic rings. The molecule has 0 saturated heterocycles. The molecule has 1 aromatic carbocycles. The third-order valence-electron chi connectivity index (χ3n) is 2.23. The lowest BCUT2D eigenvalue weighted by Gasteiger charge is -2.11. The normalized spacial score (nSPS) is 12.4. The maximum Gasteiger partial charge on any atom is 0.292 e. The van der Waals surface area contributed by atoms with Crippen LogP contribution in [-0.4, -0.2) is 24.7 Å². The molecule has 0 radical (unpaired) electrons. The molecule has 0 spiro atoms. The number of hydrogen-bond acceptors (Lipinski definition) is 5. The van der Waals surface area contributed by atoms with E-state index < -0.39 is 4.92 Å². The molecule has 2 N–H and O–H groups in total. The van der Waals surface area contributed by atoms with Gasteiger partial charge in [0.1, 0.15) is 5.69 Å². The minimum atomic E-state index is -0.503. The second-order valence-corrected chi connectivity index (χ2v) is 3.73. The lowest BCUT2D eigenvalue weighted by molar-refractivity contribution is -0.384. The predicted molar refractivity (Wildman–Crippen MR) is 63.6 cm³/mol. The van der Waals surface area contributed by atoms with E-state index in [1.165, 1.54) is 12.1 Å². The van der Waals surface area contributed by atoms with Gasteiger partial charge in [0.15, 0.2) is 0 Å². The summed E-state index contributed by atoms with van der Waals surface area (Å²) < 4.78 is 10.4. The largest absolute Gasteiger partial charge is 0.393 e. The SMILES string of the molecule is COCC(C)OCc1ccc(N)c([N+](=O)[O-])c1. The number of rotatable bonds is 6. The molecule has 0 aliphatic heterocycles. The van der Waals surface area contributed by atoms with Gasteiger partial charge in [0.2, 0.25) is 0 Å². The van der Waals surface area contributed by atoms with Crippen molar-refractivity contribution in [3.05, 3.63) is 33.9 Å². The number of nitrogens with two attached hydrogens (primary N) is 1. The van der Waals surface area contributed by atoms with Crippen LogP contribution in [-0.2, 0) is 16.1 Å². The minimum Gasteiger partial charge on any atom is -0.393 e. The summed E-state index contributed by atoms with van der Waals surface area (Å²) in [6.07, 6.45) is -0.0587.